The molecule has 8 heteroatoms. The number of anilines is 1. The maximum absolute atomic E-state index is 12.2. The maximum atomic E-state index is 12.2. The molecule has 1 fully saturated rings. The van der Waals surface area contributed by atoms with Crippen molar-refractivity contribution in [3.63, 3.8) is 0 Å². The van der Waals surface area contributed by atoms with Crippen LogP contribution in [0.25, 0.3) is 0 Å². The second-order valence-corrected chi connectivity index (χ2v) is 7.39. The summed E-state index contributed by atoms with van der Waals surface area (Å²) in [6.07, 6.45) is -0.890. The fourth-order valence-electron chi connectivity index (χ4n) is 3.33. The zero-order valence-electron chi connectivity index (χ0n) is 16.0. The minimum atomic E-state index is -4.70. The lowest BCUT2D eigenvalue weighted by Gasteiger charge is -2.27. The third-order valence-corrected chi connectivity index (χ3v) is 4.99. The van der Waals surface area contributed by atoms with Gasteiger partial charge in [0.25, 0.3) is 0 Å². The molecule has 3 rings (SSSR count). The molecule has 0 spiro atoms. The first-order chi connectivity index (χ1) is 13.9. The molecule has 1 aliphatic rings. The van der Waals surface area contributed by atoms with E-state index in [1.54, 1.807) is 0 Å². The number of nitrogens with zero attached hydrogens (tertiary/aromatic N) is 1. The molecule has 4 nitrogen and oxygen atoms in total. The summed E-state index contributed by atoms with van der Waals surface area (Å²) in [5.74, 6) is -0.270. The minimum Gasteiger partial charge on any atom is -0.406 e. The van der Waals surface area contributed by atoms with Gasteiger partial charge in [-0.15, -0.1) is 13.2 Å². The van der Waals surface area contributed by atoms with Crippen LogP contribution >= 0.6 is 12.2 Å². The second kappa shape index (κ2) is 9.93. The molecular formula is C21H24F3N3OS. The molecule has 0 radical (unpaired) electrons. The number of alkyl halides is 3. The third-order valence-electron chi connectivity index (χ3n) is 4.75. The SMILES string of the molecule is FC(F)(F)Oc1ccc(NC(=S)NCc2ccccc2CN2CCCCC2)cc1. The number of thiocarbonyl (C=S) groups is 1. The molecular weight excluding hydrogens is 399 g/mol. The maximum Gasteiger partial charge on any atom is 0.573 e. The van der Waals surface area contributed by atoms with Gasteiger partial charge in [0.2, 0.25) is 0 Å². The van der Waals surface area contributed by atoms with E-state index in [4.69, 9.17) is 12.2 Å². The van der Waals surface area contributed by atoms with E-state index >= 15 is 0 Å². The lowest BCUT2D eigenvalue weighted by Crippen LogP contribution is -2.31. The Bertz CT molecular complexity index is 806. The Balaban J connectivity index is 1.51. The first kappa shape index (κ1) is 21.4. The Morgan fingerprint density at radius 1 is 0.966 bits per heavy atom. The lowest BCUT2D eigenvalue weighted by atomic mass is 10.0. The van der Waals surface area contributed by atoms with Gasteiger partial charge in [0.05, 0.1) is 0 Å². The number of benzene rings is 2. The summed E-state index contributed by atoms with van der Waals surface area (Å²) in [5, 5.41) is 6.55. The van der Waals surface area contributed by atoms with E-state index in [1.807, 2.05) is 12.1 Å². The van der Waals surface area contributed by atoms with Crippen LogP contribution in [-0.2, 0) is 13.1 Å². The summed E-state index contributed by atoms with van der Waals surface area (Å²) in [5.41, 5.74) is 3.04. The van der Waals surface area contributed by atoms with Crippen LogP contribution in [0.15, 0.2) is 48.5 Å². The topological polar surface area (TPSA) is 36.5 Å². The molecule has 0 bridgehead atoms. The van der Waals surface area contributed by atoms with E-state index in [2.05, 4.69) is 32.4 Å². The Labute approximate surface area is 174 Å². The monoisotopic (exact) mass is 423 g/mol. The molecule has 0 aromatic heterocycles. The highest BCUT2D eigenvalue weighted by atomic mass is 32.1. The van der Waals surface area contributed by atoms with Gasteiger partial charge in [-0.3, -0.25) is 4.90 Å². The van der Waals surface area contributed by atoms with Gasteiger partial charge in [0, 0.05) is 18.8 Å². The van der Waals surface area contributed by atoms with Gasteiger partial charge in [0.15, 0.2) is 5.11 Å². The minimum absolute atomic E-state index is 0.270. The quantitative estimate of drug-likeness (QED) is 0.636. The highest BCUT2D eigenvalue weighted by molar-refractivity contribution is 7.80. The molecule has 0 unspecified atom stereocenters. The number of rotatable bonds is 6. The second-order valence-electron chi connectivity index (χ2n) is 6.99. The van der Waals surface area contributed by atoms with Crippen molar-refractivity contribution in [3.8, 4) is 5.75 Å². The van der Waals surface area contributed by atoms with Crippen LogP contribution in [0.5, 0.6) is 5.75 Å². The number of likely N-dealkylation sites (tertiary alicyclic amines) is 1. The number of nitrogens with one attached hydrogen (secondary N) is 2. The largest absolute Gasteiger partial charge is 0.573 e. The van der Waals surface area contributed by atoms with Crippen LogP contribution in [0.1, 0.15) is 30.4 Å². The van der Waals surface area contributed by atoms with Gasteiger partial charge >= 0.3 is 6.36 Å². The normalized spacial score (nSPS) is 15.0. The van der Waals surface area contributed by atoms with E-state index in [9.17, 15) is 13.2 Å². The number of halogens is 3. The molecule has 2 N–H and O–H groups in total. The number of hydrogen-bond donors (Lipinski definition) is 2. The predicted octanol–water partition coefficient (Wildman–Crippen LogP) is 5.06. The smallest absolute Gasteiger partial charge is 0.406 e. The zero-order chi connectivity index (χ0) is 20.7. The third kappa shape index (κ3) is 7.21. The van der Waals surface area contributed by atoms with Crippen molar-refractivity contribution in [2.24, 2.45) is 0 Å². The van der Waals surface area contributed by atoms with Gasteiger partial charge in [-0.2, -0.15) is 0 Å². The fourth-order valence-corrected chi connectivity index (χ4v) is 3.52. The van der Waals surface area contributed by atoms with Gasteiger partial charge in [-0.1, -0.05) is 30.7 Å². The zero-order valence-corrected chi connectivity index (χ0v) is 16.8. The first-order valence-electron chi connectivity index (χ1n) is 9.59. The molecule has 1 heterocycles. The van der Waals surface area contributed by atoms with Gasteiger partial charge in [-0.05, 0) is 73.5 Å². The molecule has 0 amide bonds. The van der Waals surface area contributed by atoms with Crippen molar-refractivity contribution >= 4 is 23.0 Å². The Kier molecular flexibility index (Phi) is 7.33. The molecule has 156 valence electrons. The van der Waals surface area contributed by atoms with E-state index in [0.29, 0.717) is 17.3 Å². The lowest BCUT2D eigenvalue weighted by molar-refractivity contribution is -0.274. The average Bonchev–Trinajstić information content (AvgIpc) is 2.68. The summed E-state index contributed by atoms with van der Waals surface area (Å²) >= 11 is 5.32. The molecule has 2 aromatic carbocycles. The number of ether oxygens (including phenoxy) is 1. The van der Waals surface area contributed by atoms with Crippen LogP contribution in [-0.4, -0.2) is 29.5 Å². The molecule has 29 heavy (non-hydrogen) atoms. The highest BCUT2D eigenvalue weighted by Crippen LogP contribution is 2.24. The van der Waals surface area contributed by atoms with Crippen LogP contribution in [0, 0.1) is 0 Å². The standard InChI is InChI=1S/C21H24F3N3OS/c22-21(23,24)28-19-10-8-18(9-11-19)26-20(29)25-14-16-6-2-3-7-17(16)15-27-12-4-1-5-13-27/h2-3,6-11H,1,4-5,12-15H2,(H2,25,26,29). The molecule has 0 atom stereocenters. The van der Waals surface area contributed by atoms with Crippen LogP contribution in [0.2, 0.25) is 0 Å². The number of piperidine rings is 1. The van der Waals surface area contributed by atoms with Gasteiger partial charge < -0.3 is 15.4 Å². The van der Waals surface area contributed by atoms with Crippen molar-refractivity contribution in [2.75, 3.05) is 18.4 Å². The predicted molar refractivity (Wildman–Crippen MR) is 112 cm³/mol. The van der Waals surface area contributed by atoms with Crippen LogP contribution in [0.3, 0.4) is 0 Å². The molecule has 0 saturated carbocycles. The van der Waals surface area contributed by atoms with E-state index in [-0.39, 0.29) is 5.75 Å². The molecule has 2 aromatic rings. The fraction of sp³-hybridized carbons (Fsp3) is 0.381. The summed E-state index contributed by atoms with van der Waals surface area (Å²) in [6, 6.07) is 13.7. The van der Waals surface area contributed by atoms with Gasteiger partial charge in [0.1, 0.15) is 5.75 Å². The van der Waals surface area contributed by atoms with Gasteiger partial charge in [-0.25, -0.2) is 0 Å². The summed E-state index contributed by atoms with van der Waals surface area (Å²) in [6.45, 7) is 3.77. The Morgan fingerprint density at radius 3 is 2.28 bits per heavy atom. The Hall–Kier alpha value is -2.32. The first-order valence-corrected chi connectivity index (χ1v) is 10.00. The van der Waals surface area contributed by atoms with E-state index in [1.165, 1.54) is 54.7 Å². The van der Waals surface area contributed by atoms with E-state index in [0.717, 1.165) is 19.6 Å². The average molecular weight is 424 g/mol. The summed E-state index contributed by atoms with van der Waals surface area (Å²) in [4.78, 5) is 2.48. The van der Waals surface area contributed by atoms with Crippen molar-refractivity contribution in [1.82, 2.24) is 10.2 Å². The molecule has 1 aliphatic heterocycles. The number of hydrogen-bond acceptors (Lipinski definition) is 3. The van der Waals surface area contributed by atoms with Crippen LogP contribution < -0.4 is 15.4 Å². The van der Waals surface area contributed by atoms with E-state index < -0.39 is 6.36 Å². The molecule has 1 saturated heterocycles. The molecule has 0 aliphatic carbocycles. The van der Waals surface area contributed by atoms with Crippen molar-refractivity contribution < 1.29 is 17.9 Å². The summed E-state index contributed by atoms with van der Waals surface area (Å²) < 4.78 is 40.5. The highest BCUT2D eigenvalue weighted by Gasteiger charge is 2.30. The van der Waals surface area contributed by atoms with Crippen molar-refractivity contribution in [3.05, 3.63) is 59.7 Å². The van der Waals surface area contributed by atoms with Crippen molar-refractivity contribution in [2.45, 2.75) is 38.7 Å². The summed E-state index contributed by atoms with van der Waals surface area (Å²) in [7, 11) is 0. The van der Waals surface area contributed by atoms with Crippen LogP contribution in [0.4, 0.5) is 18.9 Å². The Morgan fingerprint density at radius 2 is 1.62 bits per heavy atom. The van der Waals surface area contributed by atoms with Crippen molar-refractivity contribution in [1.29, 1.82) is 0 Å².